The summed E-state index contributed by atoms with van der Waals surface area (Å²) in [5.41, 5.74) is -0.555. The van der Waals surface area contributed by atoms with Crippen LogP contribution in [-0.4, -0.2) is 32.8 Å². The van der Waals surface area contributed by atoms with Crippen molar-refractivity contribution in [3.8, 4) is 17.2 Å². The molecular weight excluding hydrogens is 312 g/mol. The first-order valence-electron chi connectivity index (χ1n) is 7.98. The van der Waals surface area contributed by atoms with Gasteiger partial charge in [0, 0.05) is 20.3 Å². The molecule has 0 bridgehead atoms. The van der Waals surface area contributed by atoms with E-state index in [9.17, 15) is 4.79 Å². The molecule has 0 spiro atoms. The zero-order valence-corrected chi connectivity index (χ0v) is 15.5. The van der Waals surface area contributed by atoms with Gasteiger partial charge in [-0.2, -0.15) is 0 Å². The van der Waals surface area contributed by atoms with Gasteiger partial charge in [0.2, 0.25) is 0 Å². The molecule has 6 nitrogen and oxygen atoms in total. The molecule has 1 aromatic carbocycles. The fourth-order valence-corrected chi connectivity index (χ4v) is 1.58. The van der Waals surface area contributed by atoms with Crippen molar-refractivity contribution < 1.29 is 28.5 Å². The lowest BCUT2D eigenvalue weighted by atomic mass is 9.91. The van der Waals surface area contributed by atoms with Crippen LogP contribution in [0.5, 0.6) is 17.2 Å². The van der Waals surface area contributed by atoms with Crippen molar-refractivity contribution in [3.05, 3.63) is 18.2 Å². The normalized spacial score (nSPS) is 14.0. The number of benzene rings is 1. The quantitative estimate of drug-likeness (QED) is 0.387. The second-order valence-corrected chi connectivity index (χ2v) is 6.08. The Bertz CT molecular complexity index is 540. The number of esters is 1. The summed E-state index contributed by atoms with van der Waals surface area (Å²) in [4.78, 5) is 12.2. The third-order valence-electron chi connectivity index (χ3n) is 3.81. The first-order valence-corrected chi connectivity index (χ1v) is 7.98. The Kier molecular flexibility index (Phi) is 7.51. The smallest absolute Gasteiger partial charge is 0.316 e. The highest BCUT2D eigenvalue weighted by atomic mass is 16.7. The molecule has 0 saturated heterocycles. The van der Waals surface area contributed by atoms with E-state index in [1.54, 1.807) is 39.2 Å². The Hall–Kier alpha value is -1.79. The maximum absolute atomic E-state index is 12.2. The van der Waals surface area contributed by atoms with Crippen molar-refractivity contribution in [3.63, 3.8) is 0 Å². The molecule has 0 fully saturated rings. The molecule has 0 aliphatic heterocycles. The largest absolute Gasteiger partial charge is 0.461 e. The number of methoxy groups -OCH3 is 2. The van der Waals surface area contributed by atoms with Gasteiger partial charge in [-0.3, -0.25) is 4.79 Å². The van der Waals surface area contributed by atoms with E-state index in [0.717, 1.165) is 0 Å². The SMILES string of the molecule is CCC(C)(C)C(=O)Oc1ccc(OC(C)OC)c(OC(C)OC)c1. The molecule has 24 heavy (non-hydrogen) atoms. The van der Waals surface area contributed by atoms with Gasteiger partial charge in [0.1, 0.15) is 5.75 Å². The van der Waals surface area contributed by atoms with E-state index in [4.69, 9.17) is 23.7 Å². The molecule has 0 aliphatic carbocycles. The second kappa shape index (κ2) is 8.89. The van der Waals surface area contributed by atoms with Crippen molar-refractivity contribution in [2.45, 2.75) is 53.6 Å². The van der Waals surface area contributed by atoms with E-state index in [-0.39, 0.29) is 5.97 Å². The minimum absolute atomic E-state index is 0.297. The Labute approximate surface area is 144 Å². The van der Waals surface area contributed by atoms with Crippen LogP contribution in [0.1, 0.15) is 41.0 Å². The summed E-state index contributed by atoms with van der Waals surface area (Å²) in [6, 6.07) is 4.94. The Morgan fingerprint density at radius 3 is 2.08 bits per heavy atom. The van der Waals surface area contributed by atoms with Gasteiger partial charge in [-0.25, -0.2) is 0 Å². The molecule has 0 aliphatic rings. The zero-order chi connectivity index (χ0) is 18.3. The summed E-state index contributed by atoms with van der Waals surface area (Å²) in [7, 11) is 3.09. The van der Waals surface area contributed by atoms with Crippen LogP contribution in [0, 0.1) is 5.41 Å². The van der Waals surface area contributed by atoms with Gasteiger partial charge in [-0.1, -0.05) is 6.92 Å². The predicted molar refractivity (Wildman–Crippen MR) is 90.3 cm³/mol. The van der Waals surface area contributed by atoms with Crippen LogP contribution in [0.15, 0.2) is 18.2 Å². The highest BCUT2D eigenvalue weighted by molar-refractivity contribution is 5.78. The van der Waals surface area contributed by atoms with Crippen LogP contribution in [0.4, 0.5) is 0 Å². The van der Waals surface area contributed by atoms with E-state index in [1.165, 1.54) is 7.11 Å². The van der Waals surface area contributed by atoms with Crippen molar-refractivity contribution in [2.24, 2.45) is 5.41 Å². The highest BCUT2D eigenvalue weighted by Gasteiger charge is 2.28. The maximum Gasteiger partial charge on any atom is 0.316 e. The molecule has 0 saturated carbocycles. The lowest BCUT2D eigenvalue weighted by Crippen LogP contribution is -2.28. The van der Waals surface area contributed by atoms with Crippen molar-refractivity contribution in [1.29, 1.82) is 0 Å². The van der Waals surface area contributed by atoms with Crippen LogP contribution < -0.4 is 14.2 Å². The number of hydrogen-bond acceptors (Lipinski definition) is 6. The topological polar surface area (TPSA) is 63.2 Å². The summed E-state index contributed by atoms with van der Waals surface area (Å²) >= 11 is 0. The molecule has 0 radical (unpaired) electrons. The number of ether oxygens (including phenoxy) is 5. The third kappa shape index (κ3) is 5.69. The predicted octanol–water partition coefficient (Wildman–Crippen LogP) is 3.77. The Balaban J connectivity index is 3.03. The van der Waals surface area contributed by atoms with Gasteiger partial charge in [-0.15, -0.1) is 0 Å². The summed E-state index contributed by atoms with van der Waals surface area (Å²) in [6.45, 7) is 9.15. The number of carbonyl (C=O) groups excluding carboxylic acids is 1. The fourth-order valence-electron chi connectivity index (χ4n) is 1.58. The van der Waals surface area contributed by atoms with Gasteiger partial charge < -0.3 is 23.7 Å². The van der Waals surface area contributed by atoms with Crippen LogP contribution in [0.25, 0.3) is 0 Å². The second-order valence-electron chi connectivity index (χ2n) is 6.08. The van der Waals surface area contributed by atoms with Gasteiger partial charge >= 0.3 is 5.97 Å². The molecule has 2 atom stereocenters. The van der Waals surface area contributed by atoms with E-state index in [0.29, 0.717) is 23.7 Å². The average molecular weight is 340 g/mol. The van der Waals surface area contributed by atoms with Gasteiger partial charge in [0.15, 0.2) is 24.1 Å². The Morgan fingerprint density at radius 2 is 1.58 bits per heavy atom. The monoisotopic (exact) mass is 340 g/mol. The molecule has 2 unspecified atom stereocenters. The van der Waals surface area contributed by atoms with Gasteiger partial charge in [-0.05, 0) is 46.2 Å². The standard InChI is InChI=1S/C18H28O6/c1-8-18(4,5)17(19)24-14-9-10-15(22-12(2)20-6)16(11-14)23-13(3)21-7/h9-13H,8H2,1-7H3. The summed E-state index contributed by atoms with van der Waals surface area (Å²) < 4.78 is 27.0. The zero-order valence-electron chi connectivity index (χ0n) is 15.5. The van der Waals surface area contributed by atoms with E-state index >= 15 is 0 Å². The lowest BCUT2D eigenvalue weighted by Gasteiger charge is -2.22. The molecule has 136 valence electrons. The lowest BCUT2D eigenvalue weighted by molar-refractivity contribution is -0.144. The molecule has 0 amide bonds. The van der Waals surface area contributed by atoms with Crippen LogP contribution >= 0.6 is 0 Å². The summed E-state index contributed by atoms with van der Waals surface area (Å²) in [6.07, 6.45) is -0.247. The van der Waals surface area contributed by atoms with Gasteiger partial charge in [0.25, 0.3) is 0 Å². The van der Waals surface area contributed by atoms with Crippen LogP contribution in [-0.2, 0) is 14.3 Å². The maximum atomic E-state index is 12.2. The molecule has 6 heteroatoms. The highest BCUT2D eigenvalue weighted by Crippen LogP contribution is 2.34. The molecule has 1 aromatic rings. The average Bonchev–Trinajstić information content (AvgIpc) is 2.56. The number of hydrogen-bond donors (Lipinski definition) is 0. The minimum Gasteiger partial charge on any atom is -0.461 e. The summed E-state index contributed by atoms with van der Waals surface area (Å²) in [5.74, 6) is 0.975. The fraction of sp³-hybridized carbons (Fsp3) is 0.611. The molecule has 0 aromatic heterocycles. The van der Waals surface area contributed by atoms with Gasteiger partial charge in [0.05, 0.1) is 5.41 Å². The van der Waals surface area contributed by atoms with Crippen LogP contribution in [0.3, 0.4) is 0 Å². The molecule has 0 N–H and O–H groups in total. The summed E-state index contributed by atoms with van der Waals surface area (Å²) in [5, 5.41) is 0. The third-order valence-corrected chi connectivity index (χ3v) is 3.81. The van der Waals surface area contributed by atoms with Crippen molar-refractivity contribution >= 4 is 5.97 Å². The molecule has 1 rings (SSSR count). The Morgan fingerprint density at radius 1 is 1.04 bits per heavy atom. The van der Waals surface area contributed by atoms with Crippen molar-refractivity contribution in [2.75, 3.05) is 14.2 Å². The van der Waals surface area contributed by atoms with E-state index in [1.807, 2.05) is 20.8 Å². The minimum atomic E-state index is -0.555. The van der Waals surface area contributed by atoms with Crippen LogP contribution in [0.2, 0.25) is 0 Å². The van der Waals surface area contributed by atoms with Crippen molar-refractivity contribution in [1.82, 2.24) is 0 Å². The van der Waals surface area contributed by atoms with E-state index in [2.05, 4.69) is 0 Å². The first-order chi connectivity index (χ1) is 11.2. The number of rotatable bonds is 9. The number of carbonyl (C=O) groups is 1. The molecular formula is C18H28O6. The first kappa shape index (κ1) is 20.3. The molecule has 0 heterocycles. The van der Waals surface area contributed by atoms with E-state index < -0.39 is 18.0 Å².